The van der Waals surface area contributed by atoms with Gasteiger partial charge in [-0.15, -0.1) is 0 Å². The van der Waals surface area contributed by atoms with Crippen LogP contribution in [-0.4, -0.2) is 19.1 Å². The van der Waals surface area contributed by atoms with Crippen molar-refractivity contribution in [1.82, 2.24) is 5.32 Å². The van der Waals surface area contributed by atoms with Crippen molar-refractivity contribution in [2.24, 2.45) is 0 Å². The van der Waals surface area contributed by atoms with E-state index in [0.29, 0.717) is 18.5 Å². The van der Waals surface area contributed by atoms with Gasteiger partial charge in [-0.2, -0.15) is 8.78 Å². The molecule has 128 valence electrons. The highest BCUT2D eigenvalue weighted by Crippen LogP contribution is 2.18. The minimum absolute atomic E-state index is 0.124. The van der Waals surface area contributed by atoms with Crippen molar-refractivity contribution in [1.29, 1.82) is 0 Å². The normalized spacial score (nSPS) is 10.8. The summed E-state index contributed by atoms with van der Waals surface area (Å²) in [5.41, 5.74) is 1.57. The van der Waals surface area contributed by atoms with Gasteiger partial charge in [0.15, 0.2) is 0 Å². The highest BCUT2D eigenvalue weighted by Gasteiger charge is 2.09. The van der Waals surface area contributed by atoms with Crippen LogP contribution in [-0.2, 0) is 6.42 Å². The zero-order valence-corrected chi connectivity index (χ0v) is 13.4. The van der Waals surface area contributed by atoms with Gasteiger partial charge in [-0.1, -0.05) is 48.5 Å². The molecule has 25 heavy (non-hydrogen) atoms. The second-order valence-electron chi connectivity index (χ2n) is 5.56. The van der Waals surface area contributed by atoms with E-state index in [1.54, 1.807) is 18.2 Å². The van der Waals surface area contributed by atoms with Crippen LogP contribution in [0.4, 0.5) is 8.78 Å². The summed E-state index contributed by atoms with van der Waals surface area (Å²) in [6.07, 6.45) is 0.603. The van der Waals surface area contributed by atoms with Gasteiger partial charge < -0.3 is 10.1 Å². The number of nitrogens with one attached hydrogen (secondary N) is 1. The van der Waals surface area contributed by atoms with E-state index in [2.05, 4.69) is 10.1 Å². The van der Waals surface area contributed by atoms with Crippen molar-refractivity contribution in [3.63, 3.8) is 0 Å². The van der Waals surface area contributed by atoms with E-state index in [4.69, 9.17) is 0 Å². The second kappa shape index (κ2) is 7.75. The minimum atomic E-state index is -2.83. The third-order valence-electron chi connectivity index (χ3n) is 3.88. The Bertz CT molecular complexity index is 858. The number of hydrogen-bond donors (Lipinski definition) is 1. The Morgan fingerprint density at radius 1 is 0.960 bits per heavy atom. The first kappa shape index (κ1) is 16.9. The first-order valence-electron chi connectivity index (χ1n) is 7.93. The van der Waals surface area contributed by atoms with E-state index in [9.17, 15) is 13.6 Å². The quantitative estimate of drug-likeness (QED) is 0.721. The predicted octanol–water partition coefficient (Wildman–Crippen LogP) is 4.41. The average Bonchev–Trinajstić information content (AvgIpc) is 2.62. The number of carbonyl (C=O) groups is 1. The van der Waals surface area contributed by atoms with Crippen LogP contribution in [0, 0.1) is 0 Å². The van der Waals surface area contributed by atoms with Crippen LogP contribution in [0.25, 0.3) is 10.8 Å². The molecule has 3 aromatic carbocycles. The van der Waals surface area contributed by atoms with Crippen molar-refractivity contribution >= 4 is 16.7 Å². The number of ether oxygens (including phenoxy) is 1. The van der Waals surface area contributed by atoms with Gasteiger partial charge in [0.1, 0.15) is 5.75 Å². The lowest BCUT2D eigenvalue weighted by Gasteiger charge is -2.09. The molecule has 0 atom stereocenters. The monoisotopic (exact) mass is 341 g/mol. The molecule has 0 saturated heterocycles. The molecule has 0 aliphatic rings. The standard InChI is InChI=1S/C20H17F2NO2/c21-20(22)25-16-10-8-14(9-11-16)12-13-23-19(24)18-7-3-5-15-4-1-2-6-17(15)18/h1-11,20H,12-13H2,(H,23,24). The molecule has 3 nitrogen and oxygen atoms in total. The van der Waals surface area contributed by atoms with E-state index >= 15 is 0 Å². The van der Waals surface area contributed by atoms with Crippen LogP contribution in [0.5, 0.6) is 5.75 Å². The Labute approximate surface area is 144 Å². The van der Waals surface area contributed by atoms with Crippen molar-refractivity contribution in [3.8, 4) is 5.75 Å². The fourth-order valence-corrected chi connectivity index (χ4v) is 2.68. The van der Waals surface area contributed by atoms with Gasteiger partial charge in [0.2, 0.25) is 0 Å². The zero-order chi connectivity index (χ0) is 17.6. The number of amides is 1. The molecule has 3 aromatic rings. The molecule has 0 aromatic heterocycles. The van der Waals surface area contributed by atoms with Crippen LogP contribution < -0.4 is 10.1 Å². The molecule has 0 bridgehead atoms. The van der Waals surface area contributed by atoms with Gasteiger partial charge in [0, 0.05) is 12.1 Å². The summed E-state index contributed by atoms with van der Waals surface area (Å²) in [6.45, 7) is -2.37. The maximum atomic E-state index is 12.4. The van der Waals surface area contributed by atoms with E-state index in [-0.39, 0.29) is 11.7 Å². The summed E-state index contributed by atoms with van der Waals surface area (Å²) in [6, 6.07) is 19.8. The largest absolute Gasteiger partial charge is 0.435 e. The summed E-state index contributed by atoms with van der Waals surface area (Å²) >= 11 is 0. The number of benzene rings is 3. The SMILES string of the molecule is O=C(NCCc1ccc(OC(F)F)cc1)c1cccc2ccccc12. The van der Waals surface area contributed by atoms with Crippen molar-refractivity contribution in [2.45, 2.75) is 13.0 Å². The number of alkyl halides is 2. The molecule has 0 heterocycles. The van der Waals surface area contributed by atoms with Gasteiger partial charge >= 0.3 is 6.61 Å². The molecule has 1 amide bonds. The van der Waals surface area contributed by atoms with Crippen LogP contribution >= 0.6 is 0 Å². The molecule has 5 heteroatoms. The molecule has 3 rings (SSSR count). The molecular weight excluding hydrogens is 324 g/mol. The third kappa shape index (κ3) is 4.32. The van der Waals surface area contributed by atoms with E-state index in [0.717, 1.165) is 16.3 Å². The fourth-order valence-electron chi connectivity index (χ4n) is 2.68. The van der Waals surface area contributed by atoms with Crippen LogP contribution in [0.3, 0.4) is 0 Å². The molecule has 0 spiro atoms. The number of halogens is 2. The maximum absolute atomic E-state index is 12.4. The zero-order valence-electron chi connectivity index (χ0n) is 13.4. The summed E-state index contributed by atoms with van der Waals surface area (Å²) in [5, 5.41) is 4.83. The minimum Gasteiger partial charge on any atom is -0.435 e. The van der Waals surface area contributed by atoms with Crippen molar-refractivity contribution < 1.29 is 18.3 Å². The molecule has 0 saturated carbocycles. The van der Waals surface area contributed by atoms with Crippen LogP contribution in [0.15, 0.2) is 66.7 Å². The first-order valence-corrected chi connectivity index (χ1v) is 7.93. The van der Waals surface area contributed by atoms with Gasteiger partial charge in [-0.3, -0.25) is 4.79 Å². The Hall–Kier alpha value is -2.95. The lowest BCUT2D eigenvalue weighted by Crippen LogP contribution is -2.25. The molecule has 1 N–H and O–H groups in total. The Kier molecular flexibility index (Phi) is 5.23. The second-order valence-corrected chi connectivity index (χ2v) is 5.56. The van der Waals surface area contributed by atoms with E-state index in [1.165, 1.54) is 12.1 Å². The molecular formula is C20H17F2NO2. The summed E-state index contributed by atoms with van der Waals surface area (Å²) in [5.74, 6) is -0.00649. The first-order chi connectivity index (χ1) is 12.1. The Balaban J connectivity index is 1.59. The predicted molar refractivity (Wildman–Crippen MR) is 93.1 cm³/mol. The Morgan fingerprint density at radius 2 is 1.68 bits per heavy atom. The van der Waals surface area contributed by atoms with Gasteiger partial charge in [-0.05, 0) is 41.0 Å². The number of fused-ring (bicyclic) bond motifs is 1. The van der Waals surface area contributed by atoms with Gasteiger partial charge in [0.05, 0.1) is 0 Å². The molecule has 0 unspecified atom stereocenters. The number of rotatable bonds is 6. The molecule has 0 aliphatic heterocycles. The van der Waals surface area contributed by atoms with Crippen LogP contribution in [0.1, 0.15) is 15.9 Å². The van der Waals surface area contributed by atoms with Crippen molar-refractivity contribution in [3.05, 3.63) is 77.9 Å². The van der Waals surface area contributed by atoms with Gasteiger partial charge in [-0.25, -0.2) is 0 Å². The molecule has 0 radical (unpaired) electrons. The number of hydrogen-bond acceptors (Lipinski definition) is 2. The average molecular weight is 341 g/mol. The van der Waals surface area contributed by atoms with Crippen LogP contribution in [0.2, 0.25) is 0 Å². The van der Waals surface area contributed by atoms with Crippen molar-refractivity contribution in [2.75, 3.05) is 6.54 Å². The smallest absolute Gasteiger partial charge is 0.387 e. The maximum Gasteiger partial charge on any atom is 0.387 e. The highest BCUT2D eigenvalue weighted by atomic mass is 19.3. The third-order valence-corrected chi connectivity index (χ3v) is 3.88. The topological polar surface area (TPSA) is 38.3 Å². The Morgan fingerprint density at radius 3 is 2.44 bits per heavy atom. The molecule has 0 aliphatic carbocycles. The summed E-state index contributed by atoms with van der Waals surface area (Å²) in [7, 11) is 0. The summed E-state index contributed by atoms with van der Waals surface area (Å²) in [4.78, 5) is 12.4. The van der Waals surface area contributed by atoms with E-state index < -0.39 is 6.61 Å². The van der Waals surface area contributed by atoms with E-state index in [1.807, 2.05) is 36.4 Å². The number of carbonyl (C=O) groups excluding carboxylic acids is 1. The molecule has 0 fully saturated rings. The highest BCUT2D eigenvalue weighted by molar-refractivity contribution is 6.06. The lowest BCUT2D eigenvalue weighted by atomic mass is 10.0. The fraction of sp³-hybridized carbons (Fsp3) is 0.150. The summed E-state index contributed by atoms with van der Waals surface area (Å²) < 4.78 is 28.5. The lowest BCUT2D eigenvalue weighted by molar-refractivity contribution is -0.0498. The van der Waals surface area contributed by atoms with Gasteiger partial charge in [0.25, 0.3) is 5.91 Å².